The van der Waals surface area contributed by atoms with Gasteiger partial charge in [0.2, 0.25) is 0 Å². The van der Waals surface area contributed by atoms with Crippen LogP contribution in [0, 0.1) is 13.8 Å². The molecule has 0 bridgehead atoms. The van der Waals surface area contributed by atoms with E-state index in [2.05, 4.69) is 15.3 Å². The molecule has 108 valence electrons. The Morgan fingerprint density at radius 3 is 2.40 bits per heavy atom. The number of aryl methyl sites for hydroxylation is 2. The first-order chi connectivity index (χ1) is 9.29. The molecule has 0 aromatic carbocycles. The lowest BCUT2D eigenvalue weighted by Gasteiger charge is -2.10. The van der Waals surface area contributed by atoms with Gasteiger partial charge in [0.05, 0.1) is 5.69 Å². The normalized spacial score (nSPS) is 11.7. The number of esters is 1. The van der Waals surface area contributed by atoms with Gasteiger partial charge in [-0.25, -0.2) is 4.79 Å². The Labute approximate surface area is 116 Å². The molecular formula is C13H17N3O4. The molecule has 0 fully saturated rings. The maximum absolute atomic E-state index is 11.9. The molecular weight excluding hydrogens is 262 g/mol. The van der Waals surface area contributed by atoms with E-state index in [9.17, 15) is 4.79 Å². The summed E-state index contributed by atoms with van der Waals surface area (Å²) in [7, 11) is 0. The number of hydrogen-bond donors (Lipinski definition) is 0. The van der Waals surface area contributed by atoms with E-state index in [1.807, 2.05) is 20.8 Å². The molecule has 2 aromatic rings. The predicted octanol–water partition coefficient (Wildman–Crippen LogP) is 2.33. The van der Waals surface area contributed by atoms with Crippen LogP contribution in [0.1, 0.15) is 54.3 Å². The Kier molecular flexibility index (Phi) is 3.61. The van der Waals surface area contributed by atoms with Gasteiger partial charge in [0, 0.05) is 5.41 Å². The van der Waals surface area contributed by atoms with Crippen LogP contribution in [-0.4, -0.2) is 21.3 Å². The highest BCUT2D eigenvalue weighted by molar-refractivity contribution is 5.91. The van der Waals surface area contributed by atoms with Gasteiger partial charge in [0.15, 0.2) is 12.4 Å². The van der Waals surface area contributed by atoms with E-state index in [1.165, 1.54) is 0 Å². The van der Waals surface area contributed by atoms with Gasteiger partial charge in [-0.15, -0.1) is 0 Å². The fraction of sp³-hybridized carbons (Fsp3) is 0.538. The van der Waals surface area contributed by atoms with Crippen LogP contribution in [0.5, 0.6) is 0 Å². The molecule has 2 heterocycles. The second-order valence-electron chi connectivity index (χ2n) is 5.54. The summed E-state index contributed by atoms with van der Waals surface area (Å²) in [6.45, 7) is 9.16. The Morgan fingerprint density at radius 2 is 1.90 bits per heavy atom. The molecule has 7 nitrogen and oxygen atoms in total. The van der Waals surface area contributed by atoms with Crippen LogP contribution in [0.2, 0.25) is 0 Å². The summed E-state index contributed by atoms with van der Waals surface area (Å²) < 4.78 is 15.1. The maximum Gasteiger partial charge on any atom is 0.344 e. The third-order valence-electron chi connectivity index (χ3n) is 2.70. The molecule has 0 atom stereocenters. The van der Waals surface area contributed by atoms with Crippen molar-refractivity contribution in [1.82, 2.24) is 15.3 Å². The van der Waals surface area contributed by atoms with Crippen molar-refractivity contribution < 1.29 is 18.6 Å². The minimum absolute atomic E-state index is 0.0774. The highest BCUT2D eigenvalue weighted by atomic mass is 16.6. The summed E-state index contributed by atoms with van der Waals surface area (Å²) >= 11 is 0. The summed E-state index contributed by atoms with van der Waals surface area (Å²) in [6.07, 6.45) is 0. The lowest BCUT2D eigenvalue weighted by Crippen LogP contribution is -2.13. The largest absolute Gasteiger partial charge is 0.452 e. The first-order valence-corrected chi connectivity index (χ1v) is 6.22. The van der Waals surface area contributed by atoms with E-state index >= 15 is 0 Å². The summed E-state index contributed by atoms with van der Waals surface area (Å²) in [6, 6.07) is 0. The summed E-state index contributed by atoms with van der Waals surface area (Å²) in [4.78, 5) is 16.1. The lowest BCUT2D eigenvalue weighted by atomic mass is 9.96. The van der Waals surface area contributed by atoms with Crippen molar-refractivity contribution in [3.8, 4) is 0 Å². The van der Waals surface area contributed by atoms with Crippen LogP contribution in [0.15, 0.2) is 9.05 Å². The van der Waals surface area contributed by atoms with Crippen molar-refractivity contribution in [3.63, 3.8) is 0 Å². The fourth-order valence-corrected chi connectivity index (χ4v) is 1.59. The smallest absolute Gasteiger partial charge is 0.344 e. The average molecular weight is 279 g/mol. The van der Waals surface area contributed by atoms with Crippen molar-refractivity contribution in [2.24, 2.45) is 0 Å². The van der Waals surface area contributed by atoms with Crippen LogP contribution >= 0.6 is 0 Å². The first-order valence-electron chi connectivity index (χ1n) is 6.22. The molecule has 2 aromatic heterocycles. The Hall–Kier alpha value is -2.18. The zero-order valence-corrected chi connectivity index (χ0v) is 12.2. The third-order valence-corrected chi connectivity index (χ3v) is 2.70. The van der Waals surface area contributed by atoms with Crippen molar-refractivity contribution >= 4 is 5.97 Å². The zero-order valence-electron chi connectivity index (χ0n) is 12.2. The molecule has 0 aliphatic carbocycles. The quantitative estimate of drug-likeness (QED) is 0.796. The average Bonchev–Trinajstić information content (AvgIpc) is 2.93. The molecule has 0 amide bonds. The molecule has 0 N–H and O–H groups in total. The van der Waals surface area contributed by atoms with Gasteiger partial charge >= 0.3 is 5.97 Å². The van der Waals surface area contributed by atoms with Gasteiger partial charge in [-0.3, -0.25) is 0 Å². The van der Waals surface area contributed by atoms with Crippen LogP contribution in [-0.2, 0) is 16.8 Å². The van der Waals surface area contributed by atoms with Gasteiger partial charge in [0.1, 0.15) is 11.3 Å². The molecule has 7 heteroatoms. The zero-order chi connectivity index (χ0) is 14.9. The first kappa shape index (κ1) is 14.2. The molecule has 2 rings (SSSR count). The molecule has 20 heavy (non-hydrogen) atoms. The van der Waals surface area contributed by atoms with E-state index in [1.54, 1.807) is 13.8 Å². The second-order valence-corrected chi connectivity index (χ2v) is 5.54. The summed E-state index contributed by atoms with van der Waals surface area (Å²) in [5, 5.41) is 7.56. The van der Waals surface area contributed by atoms with E-state index in [-0.39, 0.29) is 17.9 Å². The number of hydrogen-bond acceptors (Lipinski definition) is 7. The van der Waals surface area contributed by atoms with Crippen molar-refractivity contribution in [2.45, 2.75) is 46.6 Å². The molecule has 0 aliphatic rings. The van der Waals surface area contributed by atoms with E-state index in [0.717, 1.165) is 0 Å². The third kappa shape index (κ3) is 2.87. The van der Waals surface area contributed by atoms with Gasteiger partial charge in [-0.2, -0.15) is 4.98 Å². The van der Waals surface area contributed by atoms with Gasteiger partial charge in [0.25, 0.3) is 5.89 Å². The van der Waals surface area contributed by atoms with Crippen LogP contribution < -0.4 is 0 Å². The van der Waals surface area contributed by atoms with E-state index < -0.39 is 5.97 Å². The number of carbonyl (C=O) groups is 1. The molecule has 0 saturated carbocycles. The van der Waals surface area contributed by atoms with Crippen LogP contribution in [0.3, 0.4) is 0 Å². The Bertz CT molecular complexity index is 602. The highest BCUT2D eigenvalue weighted by Gasteiger charge is 2.23. The lowest BCUT2D eigenvalue weighted by molar-refractivity contribution is 0.0427. The van der Waals surface area contributed by atoms with E-state index in [0.29, 0.717) is 22.8 Å². The predicted molar refractivity (Wildman–Crippen MR) is 68.1 cm³/mol. The monoisotopic (exact) mass is 279 g/mol. The number of aromatic nitrogens is 3. The fourth-order valence-electron chi connectivity index (χ4n) is 1.59. The number of rotatable bonds is 3. The summed E-state index contributed by atoms with van der Waals surface area (Å²) in [5.41, 5.74) is 0.613. The van der Waals surface area contributed by atoms with Crippen LogP contribution in [0.25, 0.3) is 0 Å². The minimum Gasteiger partial charge on any atom is -0.452 e. The Balaban J connectivity index is 2.03. The van der Waals surface area contributed by atoms with Crippen LogP contribution in [0.4, 0.5) is 0 Å². The SMILES string of the molecule is Cc1noc(C)c1C(=O)OCc1nc(C(C)(C)C)no1. The minimum atomic E-state index is -0.517. The number of carbonyl (C=O) groups excluding carboxylic acids is 1. The standard InChI is InChI=1S/C13H17N3O4/c1-7-10(8(2)19-15-7)11(17)18-6-9-14-12(16-20-9)13(3,4)5/h6H2,1-5H3. The van der Waals surface area contributed by atoms with Gasteiger partial charge < -0.3 is 13.8 Å². The Morgan fingerprint density at radius 1 is 1.20 bits per heavy atom. The number of nitrogens with zero attached hydrogens (tertiary/aromatic N) is 3. The molecule has 0 saturated heterocycles. The second kappa shape index (κ2) is 5.07. The number of ether oxygens (including phenoxy) is 1. The van der Waals surface area contributed by atoms with Crippen molar-refractivity contribution in [1.29, 1.82) is 0 Å². The molecule has 0 spiro atoms. The van der Waals surface area contributed by atoms with Crippen molar-refractivity contribution in [2.75, 3.05) is 0 Å². The summed E-state index contributed by atoms with van der Waals surface area (Å²) in [5.74, 6) is 0.737. The van der Waals surface area contributed by atoms with E-state index in [4.69, 9.17) is 13.8 Å². The van der Waals surface area contributed by atoms with Crippen molar-refractivity contribution in [3.05, 3.63) is 28.7 Å². The van der Waals surface area contributed by atoms with Gasteiger partial charge in [-0.05, 0) is 13.8 Å². The topological polar surface area (TPSA) is 91.2 Å². The highest BCUT2D eigenvalue weighted by Crippen LogP contribution is 2.19. The molecule has 0 aliphatic heterocycles. The molecule has 0 radical (unpaired) electrons. The molecule has 0 unspecified atom stereocenters. The van der Waals surface area contributed by atoms with Gasteiger partial charge in [-0.1, -0.05) is 31.1 Å². The maximum atomic E-state index is 11.9.